The normalized spacial score (nSPS) is 10.1. The Morgan fingerprint density at radius 1 is 1.54 bits per heavy atom. The molecule has 1 nitrogen and oxygen atoms in total. The predicted octanol–water partition coefficient (Wildman–Crippen LogP) is 3.61. The van der Waals surface area contributed by atoms with Gasteiger partial charge in [-0.25, -0.2) is 0 Å². The number of thioether (sulfide) groups is 1. The number of carbonyl (C=O) groups excluding carboxylic acids is 1. The van der Waals surface area contributed by atoms with Gasteiger partial charge in [0.1, 0.15) is 0 Å². The Bertz CT molecular complexity index is 323. The fourth-order valence-corrected chi connectivity index (χ4v) is 2.18. The molecule has 0 bridgehead atoms. The van der Waals surface area contributed by atoms with Crippen LogP contribution in [0, 0.1) is 3.57 Å². The van der Waals surface area contributed by atoms with Crippen molar-refractivity contribution in [3.8, 4) is 0 Å². The van der Waals surface area contributed by atoms with E-state index < -0.39 is 0 Å². The van der Waals surface area contributed by atoms with Crippen molar-refractivity contribution >= 4 is 40.1 Å². The molecule has 0 fully saturated rings. The standard InChI is InChI=1S/C10H11IOS/c1-3-9(12)8-6-7(11)4-5-10(8)13-2/h4-6H,3H2,1-2H3. The van der Waals surface area contributed by atoms with Crippen molar-refractivity contribution in [1.29, 1.82) is 0 Å². The van der Waals surface area contributed by atoms with Gasteiger partial charge < -0.3 is 0 Å². The number of Topliss-reactive ketones (excluding diaryl/α,β-unsaturated/α-hetero) is 1. The number of benzene rings is 1. The highest BCUT2D eigenvalue weighted by molar-refractivity contribution is 14.1. The Balaban J connectivity index is 3.15. The molecule has 1 aromatic carbocycles. The average Bonchev–Trinajstić information content (AvgIpc) is 2.16. The molecule has 0 heterocycles. The zero-order valence-corrected chi connectivity index (χ0v) is 10.6. The van der Waals surface area contributed by atoms with E-state index in [1.807, 2.05) is 31.4 Å². The molecule has 0 atom stereocenters. The number of rotatable bonds is 3. The Morgan fingerprint density at radius 2 is 2.23 bits per heavy atom. The lowest BCUT2D eigenvalue weighted by Gasteiger charge is -2.05. The molecule has 70 valence electrons. The van der Waals surface area contributed by atoms with Crippen molar-refractivity contribution in [2.75, 3.05) is 6.26 Å². The van der Waals surface area contributed by atoms with Crippen LogP contribution in [-0.2, 0) is 0 Å². The van der Waals surface area contributed by atoms with Gasteiger partial charge in [-0.3, -0.25) is 4.79 Å². The van der Waals surface area contributed by atoms with Crippen LogP contribution in [0.3, 0.4) is 0 Å². The minimum absolute atomic E-state index is 0.225. The largest absolute Gasteiger partial charge is 0.294 e. The van der Waals surface area contributed by atoms with Gasteiger partial charge >= 0.3 is 0 Å². The highest BCUT2D eigenvalue weighted by Gasteiger charge is 2.08. The molecule has 3 heteroatoms. The third kappa shape index (κ3) is 2.71. The number of hydrogen-bond acceptors (Lipinski definition) is 2. The summed E-state index contributed by atoms with van der Waals surface area (Å²) in [6, 6.07) is 5.99. The molecule has 0 spiro atoms. The second-order valence-corrected chi connectivity index (χ2v) is 4.72. The molecule has 0 amide bonds. The van der Waals surface area contributed by atoms with Gasteiger partial charge in [-0.05, 0) is 47.0 Å². The van der Waals surface area contributed by atoms with Gasteiger partial charge in [0.05, 0.1) is 0 Å². The summed E-state index contributed by atoms with van der Waals surface area (Å²) in [6.07, 6.45) is 2.57. The maximum absolute atomic E-state index is 11.5. The first-order chi connectivity index (χ1) is 6.19. The second kappa shape index (κ2) is 5.00. The monoisotopic (exact) mass is 306 g/mol. The van der Waals surface area contributed by atoms with Crippen LogP contribution in [0.15, 0.2) is 23.1 Å². The second-order valence-electron chi connectivity index (χ2n) is 2.62. The van der Waals surface area contributed by atoms with Crippen molar-refractivity contribution in [3.05, 3.63) is 27.3 Å². The Kier molecular flexibility index (Phi) is 4.25. The summed E-state index contributed by atoms with van der Waals surface area (Å²) in [5.41, 5.74) is 0.863. The van der Waals surface area contributed by atoms with Crippen LogP contribution in [0.25, 0.3) is 0 Å². The molecule has 0 aliphatic carbocycles. The molecule has 1 rings (SSSR count). The van der Waals surface area contributed by atoms with E-state index in [0.29, 0.717) is 6.42 Å². The maximum atomic E-state index is 11.5. The smallest absolute Gasteiger partial charge is 0.163 e. The van der Waals surface area contributed by atoms with Crippen molar-refractivity contribution in [2.45, 2.75) is 18.2 Å². The Hall–Kier alpha value is -0.0300. The lowest BCUT2D eigenvalue weighted by molar-refractivity contribution is 0.0985. The van der Waals surface area contributed by atoms with Gasteiger partial charge in [-0.15, -0.1) is 11.8 Å². The minimum Gasteiger partial charge on any atom is -0.294 e. The van der Waals surface area contributed by atoms with Gasteiger partial charge in [0.2, 0.25) is 0 Å². The topological polar surface area (TPSA) is 17.1 Å². The van der Waals surface area contributed by atoms with Crippen LogP contribution in [0.4, 0.5) is 0 Å². The molecule has 1 aromatic rings. The highest BCUT2D eigenvalue weighted by Crippen LogP contribution is 2.23. The van der Waals surface area contributed by atoms with Crippen molar-refractivity contribution in [3.63, 3.8) is 0 Å². The number of carbonyl (C=O) groups is 1. The van der Waals surface area contributed by atoms with Crippen LogP contribution in [0.2, 0.25) is 0 Å². The zero-order chi connectivity index (χ0) is 9.84. The van der Waals surface area contributed by atoms with Crippen LogP contribution in [0.1, 0.15) is 23.7 Å². The van der Waals surface area contributed by atoms with Crippen LogP contribution < -0.4 is 0 Å². The summed E-state index contributed by atoms with van der Waals surface area (Å²) in [5, 5.41) is 0. The lowest BCUT2D eigenvalue weighted by Crippen LogP contribution is -1.99. The Labute approximate surface area is 96.4 Å². The number of ketones is 1. The highest BCUT2D eigenvalue weighted by atomic mass is 127. The van der Waals surface area contributed by atoms with E-state index in [1.165, 1.54) is 0 Å². The minimum atomic E-state index is 0.225. The summed E-state index contributed by atoms with van der Waals surface area (Å²) >= 11 is 3.85. The van der Waals surface area contributed by atoms with E-state index >= 15 is 0 Å². The van der Waals surface area contributed by atoms with E-state index in [2.05, 4.69) is 22.6 Å². The summed E-state index contributed by atoms with van der Waals surface area (Å²) < 4.78 is 1.12. The Morgan fingerprint density at radius 3 is 2.77 bits per heavy atom. The summed E-state index contributed by atoms with van der Waals surface area (Å²) in [5.74, 6) is 0.225. The van der Waals surface area contributed by atoms with E-state index in [4.69, 9.17) is 0 Å². The van der Waals surface area contributed by atoms with Crippen LogP contribution in [-0.4, -0.2) is 12.0 Å². The van der Waals surface area contributed by atoms with Crippen LogP contribution >= 0.6 is 34.4 Å². The van der Waals surface area contributed by atoms with Crippen LogP contribution in [0.5, 0.6) is 0 Å². The quantitative estimate of drug-likeness (QED) is 0.482. The SMILES string of the molecule is CCC(=O)c1cc(I)ccc1SC. The fraction of sp³-hybridized carbons (Fsp3) is 0.300. The van der Waals surface area contributed by atoms with E-state index in [9.17, 15) is 4.79 Å². The van der Waals surface area contributed by atoms with Gasteiger partial charge in [-0.2, -0.15) is 0 Å². The molecule has 0 saturated carbocycles. The third-order valence-electron chi connectivity index (χ3n) is 1.78. The first-order valence-electron chi connectivity index (χ1n) is 4.05. The van der Waals surface area contributed by atoms with Gasteiger partial charge in [-0.1, -0.05) is 6.92 Å². The molecule has 0 radical (unpaired) electrons. The predicted molar refractivity (Wildman–Crippen MR) is 65.6 cm³/mol. The molecule has 0 aliphatic rings. The van der Waals surface area contributed by atoms with E-state index in [0.717, 1.165) is 14.0 Å². The molecule has 13 heavy (non-hydrogen) atoms. The number of hydrogen-bond donors (Lipinski definition) is 0. The van der Waals surface area contributed by atoms with E-state index in [1.54, 1.807) is 11.8 Å². The maximum Gasteiger partial charge on any atom is 0.163 e. The third-order valence-corrected chi connectivity index (χ3v) is 3.25. The molecule has 0 aromatic heterocycles. The average molecular weight is 306 g/mol. The fourth-order valence-electron chi connectivity index (χ4n) is 1.09. The van der Waals surface area contributed by atoms with Crippen molar-refractivity contribution in [2.24, 2.45) is 0 Å². The first-order valence-corrected chi connectivity index (χ1v) is 6.36. The molecular weight excluding hydrogens is 295 g/mol. The summed E-state index contributed by atoms with van der Waals surface area (Å²) in [7, 11) is 0. The van der Waals surface area contributed by atoms with E-state index in [-0.39, 0.29) is 5.78 Å². The number of halogens is 1. The molecule has 0 saturated heterocycles. The van der Waals surface area contributed by atoms with Crippen molar-refractivity contribution in [1.82, 2.24) is 0 Å². The van der Waals surface area contributed by atoms with Gasteiger partial charge in [0, 0.05) is 20.4 Å². The first kappa shape index (κ1) is 11.0. The van der Waals surface area contributed by atoms with Gasteiger partial charge in [0.25, 0.3) is 0 Å². The molecule has 0 unspecified atom stereocenters. The van der Waals surface area contributed by atoms with Crippen molar-refractivity contribution < 1.29 is 4.79 Å². The van der Waals surface area contributed by atoms with Gasteiger partial charge in [0.15, 0.2) is 5.78 Å². The lowest BCUT2D eigenvalue weighted by atomic mass is 10.1. The summed E-state index contributed by atoms with van der Waals surface area (Å²) in [6.45, 7) is 1.90. The zero-order valence-electron chi connectivity index (χ0n) is 7.63. The molecular formula is C10H11IOS. The summed E-state index contributed by atoms with van der Waals surface area (Å²) in [4.78, 5) is 12.6. The molecule has 0 N–H and O–H groups in total. The molecule has 0 aliphatic heterocycles.